The van der Waals surface area contributed by atoms with E-state index in [4.69, 9.17) is 9.47 Å². The van der Waals surface area contributed by atoms with Gasteiger partial charge in [0.1, 0.15) is 12.4 Å². The van der Waals surface area contributed by atoms with Crippen LogP contribution in [0.4, 0.5) is 4.39 Å². The molecule has 1 unspecified atom stereocenters. The lowest BCUT2D eigenvalue weighted by atomic mass is 9.78. The summed E-state index contributed by atoms with van der Waals surface area (Å²) in [4.78, 5) is 12.6. The summed E-state index contributed by atoms with van der Waals surface area (Å²) in [6.45, 7) is 0.728. The van der Waals surface area contributed by atoms with Gasteiger partial charge in [0.25, 0.3) is 5.91 Å². The largest absolute Gasteiger partial charge is 0.485 e. The Balaban J connectivity index is 1.43. The lowest BCUT2D eigenvalue weighted by Gasteiger charge is -2.31. The molecule has 4 rings (SSSR count). The molecule has 1 heterocycles. The summed E-state index contributed by atoms with van der Waals surface area (Å²) < 4.78 is 24.7. The van der Waals surface area contributed by atoms with Crippen molar-refractivity contribution in [2.24, 2.45) is 0 Å². The molecule has 2 aliphatic rings. The van der Waals surface area contributed by atoms with Gasteiger partial charge in [-0.1, -0.05) is 37.1 Å². The molecule has 0 spiro atoms. The van der Waals surface area contributed by atoms with Gasteiger partial charge < -0.3 is 14.8 Å². The number of fused-ring (bicyclic) bond motifs is 1. The topological polar surface area (TPSA) is 47.6 Å². The van der Waals surface area contributed by atoms with Crippen molar-refractivity contribution in [3.8, 4) is 11.5 Å². The quantitative estimate of drug-likeness (QED) is 0.912. The van der Waals surface area contributed by atoms with Crippen molar-refractivity contribution in [3.63, 3.8) is 0 Å². The van der Waals surface area contributed by atoms with E-state index in [2.05, 4.69) is 5.32 Å². The molecule has 136 valence electrons. The van der Waals surface area contributed by atoms with Gasteiger partial charge in [0.15, 0.2) is 11.5 Å². The number of amides is 1. The fraction of sp³-hybridized carbons (Fsp3) is 0.381. The van der Waals surface area contributed by atoms with Crippen molar-refractivity contribution in [2.45, 2.75) is 37.2 Å². The molecular formula is C21H22FNO3. The average molecular weight is 355 g/mol. The molecular weight excluding hydrogens is 333 g/mol. The van der Waals surface area contributed by atoms with Gasteiger partial charge in [-0.3, -0.25) is 4.79 Å². The summed E-state index contributed by atoms with van der Waals surface area (Å²) in [6, 6.07) is 14.0. The maximum absolute atomic E-state index is 13.3. The monoisotopic (exact) mass is 355 g/mol. The molecule has 1 N–H and O–H groups in total. The van der Waals surface area contributed by atoms with Crippen LogP contribution in [0.2, 0.25) is 0 Å². The van der Waals surface area contributed by atoms with Gasteiger partial charge in [-0.05, 0) is 42.7 Å². The molecule has 0 bridgehead atoms. The molecule has 1 aliphatic carbocycles. The zero-order valence-electron chi connectivity index (χ0n) is 14.5. The normalized spacial score (nSPS) is 20.6. The summed E-state index contributed by atoms with van der Waals surface area (Å²) in [7, 11) is 0. The predicted octanol–water partition coefficient (Wildman–Crippen LogP) is 3.59. The van der Waals surface area contributed by atoms with Gasteiger partial charge in [-0.2, -0.15) is 0 Å². The van der Waals surface area contributed by atoms with E-state index >= 15 is 0 Å². The summed E-state index contributed by atoms with van der Waals surface area (Å²) >= 11 is 0. The predicted molar refractivity (Wildman–Crippen MR) is 95.9 cm³/mol. The van der Waals surface area contributed by atoms with Crippen LogP contribution in [0.5, 0.6) is 11.5 Å². The Bertz CT molecular complexity index is 784. The standard InChI is InChI=1S/C21H22FNO3/c22-16-9-7-15(8-10-16)21(11-3-4-12-21)14-23-20(24)19-13-25-17-5-1-2-6-18(17)26-19/h1-2,5-10,19H,3-4,11-14H2,(H,23,24). The molecule has 1 amide bonds. The SMILES string of the molecule is O=C(NCC1(c2ccc(F)cc2)CCCC1)C1COc2ccccc2O1. The van der Waals surface area contributed by atoms with Gasteiger partial charge in [0.05, 0.1) is 0 Å². The van der Waals surface area contributed by atoms with E-state index < -0.39 is 6.10 Å². The summed E-state index contributed by atoms with van der Waals surface area (Å²) in [6.07, 6.45) is 3.55. The minimum Gasteiger partial charge on any atom is -0.485 e. The number of hydrogen-bond acceptors (Lipinski definition) is 3. The molecule has 2 aromatic rings. The van der Waals surface area contributed by atoms with Crippen molar-refractivity contribution in [3.05, 3.63) is 59.9 Å². The van der Waals surface area contributed by atoms with E-state index in [1.54, 1.807) is 6.07 Å². The van der Waals surface area contributed by atoms with Crippen LogP contribution in [0, 0.1) is 5.82 Å². The van der Waals surface area contributed by atoms with E-state index in [0.717, 1.165) is 31.2 Å². The first-order valence-electron chi connectivity index (χ1n) is 9.09. The fourth-order valence-corrected chi connectivity index (χ4v) is 3.94. The minimum atomic E-state index is -0.656. The number of carbonyl (C=O) groups is 1. The van der Waals surface area contributed by atoms with Crippen LogP contribution in [-0.2, 0) is 10.2 Å². The highest BCUT2D eigenvalue weighted by atomic mass is 19.1. The Labute approximate surface area is 152 Å². The minimum absolute atomic E-state index is 0.128. The maximum Gasteiger partial charge on any atom is 0.264 e. The van der Waals surface area contributed by atoms with E-state index in [-0.39, 0.29) is 23.7 Å². The van der Waals surface area contributed by atoms with E-state index in [0.29, 0.717) is 18.0 Å². The first-order chi connectivity index (χ1) is 12.7. The molecule has 5 heteroatoms. The third-order valence-corrected chi connectivity index (χ3v) is 5.42. The molecule has 2 aromatic carbocycles. The van der Waals surface area contributed by atoms with Crippen LogP contribution in [0.15, 0.2) is 48.5 Å². The zero-order chi connectivity index (χ0) is 18.0. The second-order valence-corrected chi connectivity index (χ2v) is 7.08. The zero-order valence-corrected chi connectivity index (χ0v) is 14.5. The number of nitrogens with one attached hydrogen (secondary N) is 1. The number of halogens is 1. The van der Waals surface area contributed by atoms with Crippen LogP contribution in [0.25, 0.3) is 0 Å². The van der Waals surface area contributed by atoms with Gasteiger partial charge in [-0.15, -0.1) is 0 Å². The summed E-state index contributed by atoms with van der Waals surface area (Å²) in [5.41, 5.74) is 0.958. The summed E-state index contributed by atoms with van der Waals surface area (Å²) in [5.74, 6) is 0.841. The Kier molecular flexibility index (Phi) is 4.53. The fourth-order valence-electron chi connectivity index (χ4n) is 3.94. The number of para-hydroxylation sites is 2. The third kappa shape index (κ3) is 3.26. The van der Waals surface area contributed by atoms with Gasteiger partial charge >= 0.3 is 0 Å². The van der Waals surface area contributed by atoms with Gasteiger partial charge in [0.2, 0.25) is 6.10 Å². The molecule has 0 radical (unpaired) electrons. The van der Waals surface area contributed by atoms with E-state index in [1.165, 1.54) is 12.1 Å². The molecule has 4 nitrogen and oxygen atoms in total. The Morgan fingerprint density at radius 1 is 1.08 bits per heavy atom. The smallest absolute Gasteiger partial charge is 0.264 e. The number of rotatable bonds is 4. The Morgan fingerprint density at radius 2 is 1.77 bits per heavy atom. The first kappa shape index (κ1) is 16.9. The van der Waals surface area contributed by atoms with Crippen LogP contribution in [0.1, 0.15) is 31.2 Å². The van der Waals surface area contributed by atoms with Crippen molar-refractivity contribution in [2.75, 3.05) is 13.2 Å². The first-order valence-corrected chi connectivity index (χ1v) is 9.09. The highest BCUT2D eigenvalue weighted by Crippen LogP contribution is 2.40. The molecule has 1 fully saturated rings. The van der Waals surface area contributed by atoms with Crippen molar-refractivity contribution >= 4 is 5.91 Å². The summed E-state index contributed by atoms with van der Waals surface area (Å²) in [5, 5.41) is 3.04. The highest BCUT2D eigenvalue weighted by molar-refractivity contribution is 5.81. The van der Waals surface area contributed by atoms with Gasteiger partial charge in [-0.25, -0.2) is 4.39 Å². The molecule has 0 saturated heterocycles. The van der Waals surface area contributed by atoms with Crippen molar-refractivity contribution in [1.82, 2.24) is 5.32 Å². The second-order valence-electron chi connectivity index (χ2n) is 7.08. The Morgan fingerprint density at radius 3 is 2.50 bits per heavy atom. The van der Waals surface area contributed by atoms with E-state index in [9.17, 15) is 9.18 Å². The number of ether oxygens (including phenoxy) is 2. The van der Waals surface area contributed by atoms with Crippen molar-refractivity contribution in [1.29, 1.82) is 0 Å². The van der Waals surface area contributed by atoms with Crippen LogP contribution >= 0.6 is 0 Å². The van der Waals surface area contributed by atoms with Crippen LogP contribution in [-0.4, -0.2) is 25.2 Å². The van der Waals surface area contributed by atoms with Crippen LogP contribution < -0.4 is 14.8 Å². The molecule has 26 heavy (non-hydrogen) atoms. The third-order valence-electron chi connectivity index (χ3n) is 5.42. The second kappa shape index (κ2) is 6.98. The molecule has 1 aliphatic heterocycles. The lowest BCUT2D eigenvalue weighted by Crippen LogP contribution is -2.48. The molecule has 0 aromatic heterocycles. The highest BCUT2D eigenvalue weighted by Gasteiger charge is 2.37. The number of carbonyl (C=O) groups excluding carboxylic acids is 1. The average Bonchev–Trinajstić information content (AvgIpc) is 3.16. The maximum atomic E-state index is 13.3. The number of hydrogen-bond donors (Lipinski definition) is 1. The molecule has 1 atom stereocenters. The van der Waals surface area contributed by atoms with Crippen molar-refractivity contribution < 1.29 is 18.7 Å². The van der Waals surface area contributed by atoms with E-state index in [1.807, 2.05) is 30.3 Å². The van der Waals surface area contributed by atoms with Crippen LogP contribution in [0.3, 0.4) is 0 Å². The Hall–Kier alpha value is -2.56. The number of benzene rings is 2. The molecule has 1 saturated carbocycles. The lowest BCUT2D eigenvalue weighted by molar-refractivity contribution is -0.130. The van der Waals surface area contributed by atoms with Gasteiger partial charge in [0, 0.05) is 12.0 Å².